The van der Waals surface area contributed by atoms with Crippen LogP contribution < -0.4 is 10.6 Å². The molecule has 0 radical (unpaired) electrons. The van der Waals surface area contributed by atoms with Crippen molar-refractivity contribution in [3.8, 4) is 0 Å². The van der Waals surface area contributed by atoms with Crippen molar-refractivity contribution in [2.75, 3.05) is 18.0 Å². The van der Waals surface area contributed by atoms with Gasteiger partial charge in [0, 0.05) is 18.8 Å². The minimum Gasteiger partial charge on any atom is -0.363 e. The van der Waals surface area contributed by atoms with Crippen LogP contribution in [0.5, 0.6) is 0 Å². The summed E-state index contributed by atoms with van der Waals surface area (Å²) >= 11 is 1.67. The Labute approximate surface area is 111 Å². The zero-order chi connectivity index (χ0) is 13.0. The number of halogens is 1. The van der Waals surface area contributed by atoms with Gasteiger partial charge in [0.1, 0.15) is 5.82 Å². The van der Waals surface area contributed by atoms with Crippen LogP contribution in [0.1, 0.15) is 18.5 Å². The van der Waals surface area contributed by atoms with Crippen LogP contribution in [-0.4, -0.2) is 13.1 Å². The van der Waals surface area contributed by atoms with Gasteiger partial charge in [-0.2, -0.15) is 11.3 Å². The number of hydrogen-bond acceptors (Lipinski definition) is 3. The highest BCUT2D eigenvalue weighted by Crippen LogP contribution is 2.27. The largest absolute Gasteiger partial charge is 0.363 e. The molecule has 2 nitrogen and oxygen atoms in total. The first-order valence-electron chi connectivity index (χ1n) is 6.00. The highest BCUT2D eigenvalue weighted by molar-refractivity contribution is 7.08. The van der Waals surface area contributed by atoms with E-state index in [0.717, 1.165) is 12.2 Å². The van der Waals surface area contributed by atoms with E-state index in [4.69, 9.17) is 5.73 Å². The predicted molar refractivity (Wildman–Crippen MR) is 75.5 cm³/mol. The third-order valence-corrected chi connectivity index (χ3v) is 3.73. The fraction of sp³-hybridized carbons (Fsp3) is 0.286. The second-order valence-corrected chi connectivity index (χ2v) is 4.85. The van der Waals surface area contributed by atoms with Crippen molar-refractivity contribution in [3.63, 3.8) is 0 Å². The summed E-state index contributed by atoms with van der Waals surface area (Å²) in [6, 6.07) is 8.81. The Morgan fingerprint density at radius 1 is 1.28 bits per heavy atom. The van der Waals surface area contributed by atoms with Gasteiger partial charge in [0.15, 0.2) is 0 Å². The topological polar surface area (TPSA) is 29.3 Å². The van der Waals surface area contributed by atoms with E-state index in [-0.39, 0.29) is 11.9 Å². The second kappa shape index (κ2) is 5.98. The normalized spacial score (nSPS) is 12.4. The molecule has 18 heavy (non-hydrogen) atoms. The lowest BCUT2D eigenvalue weighted by Crippen LogP contribution is -2.33. The maximum Gasteiger partial charge on any atom is 0.123 e. The first-order valence-corrected chi connectivity index (χ1v) is 6.95. The van der Waals surface area contributed by atoms with Crippen LogP contribution in [0.3, 0.4) is 0 Å². The van der Waals surface area contributed by atoms with Crippen LogP contribution in [0.15, 0.2) is 41.1 Å². The average Bonchev–Trinajstić information content (AvgIpc) is 2.91. The number of hydrogen-bond donors (Lipinski definition) is 1. The Kier molecular flexibility index (Phi) is 4.33. The molecular weight excluding hydrogens is 247 g/mol. The van der Waals surface area contributed by atoms with Crippen molar-refractivity contribution < 1.29 is 4.39 Å². The molecule has 0 saturated heterocycles. The van der Waals surface area contributed by atoms with Crippen molar-refractivity contribution in [1.82, 2.24) is 0 Å². The molecular formula is C14H17FN2S. The minimum atomic E-state index is -0.213. The zero-order valence-corrected chi connectivity index (χ0v) is 11.2. The molecule has 0 saturated carbocycles. The van der Waals surface area contributed by atoms with Crippen molar-refractivity contribution in [2.45, 2.75) is 13.0 Å². The molecule has 0 bridgehead atoms. The molecule has 1 unspecified atom stereocenters. The van der Waals surface area contributed by atoms with E-state index in [0.29, 0.717) is 6.54 Å². The average molecular weight is 264 g/mol. The summed E-state index contributed by atoms with van der Waals surface area (Å²) in [5.41, 5.74) is 8.11. The number of anilines is 1. The van der Waals surface area contributed by atoms with E-state index in [9.17, 15) is 4.39 Å². The maximum absolute atomic E-state index is 13.0. The number of thiophene rings is 1. The molecule has 96 valence electrons. The molecule has 0 amide bonds. The Hall–Kier alpha value is -1.39. The Balaban J connectivity index is 2.29. The lowest BCUT2D eigenvalue weighted by molar-refractivity contribution is 0.622. The molecule has 0 spiro atoms. The summed E-state index contributed by atoms with van der Waals surface area (Å²) in [6.07, 6.45) is 0. The van der Waals surface area contributed by atoms with E-state index in [1.54, 1.807) is 23.5 Å². The molecule has 1 heterocycles. The highest BCUT2D eigenvalue weighted by Gasteiger charge is 2.18. The highest BCUT2D eigenvalue weighted by atomic mass is 32.1. The van der Waals surface area contributed by atoms with Crippen LogP contribution in [0.2, 0.25) is 0 Å². The molecule has 0 aliphatic heterocycles. The maximum atomic E-state index is 13.0. The molecule has 0 aliphatic carbocycles. The Morgan fingerprint density at radius 2 is 2.00 bits per heavy atom. The number of likely N-dealkylation sites (N-methyl/N-ethyl adjacent to an activating group) is 1. The van der Waals surface area contributed by atoms with E-state index in [1.807, 2.05) is 0 Å². The number of nitrogens with two attached hydrogens (primary N) is 1. The van der Waals surface area contributed by atoms with E-state index in [2.05, 4.69) is 28.7 Å². The molecule has 4 heteroatoms. The summed E-state index contributed by atoms with van der Waals surface area (Å²) in [4.78, 5) is 2.20. The lowest BCUT2D eigenvalue weighted by atomic mass is 10.1. The first-order chi connectivity index (χ1) is 8.76. The molecule has 2 rings (SSSR count). The summed E-state index contributed by atoms with van der Waals surface area (Å²) in [5.74, 6) is -0.213. The van der Waals surface area contributed by atoms with Gasteiger partial charge in [-0.15, -0.1) is 0 Å². The molecule has 0 aliphatic rings. The van der Waals surface area contributed by atoms with Crippen molar-refractivity contribution in [1.29, 1.82) is 0 Å². The summed E-state index contributed by atoms with van der Waals surface area (Å²) in [6.45, 7) is 3.46. The molecule has 2 aromatic rings. The molecule has 0 fully saturated rings. The van der Waals surface area contributed by atoms with Gasteiger partial charge < -0.3 is 10.6 Å². The lowest BCUT2D eigenvalue weighted by Gasteiger charge is -2.31. The van der Waals surface area contributed by atoms with Crippen LogP contribution in [-0.2, 0) is 0 Å². The van der Waals surface area contributed by atoms with Crippen molar-refractivity contribution in [2.24, 2.45) is 5.73 Å². The fourth-order valence-corrected chi connectivity index (χ4v) is 2.83. The zero-order valence-electron chi connectivity index (χ0n) is 10.3. The smallest absolute Gasteiger partial charge is 0.123 e. The van der Waals surface area contributed by atoms with Gasteiger partial charge in [0.05, 0.1) is 6.04 Å². The van der Waals surface area contributed by atoms with E-state index in [1.165, 1.54) is 17.7 Å². The van der Waals surface area contributed by atoms with Gasteiger partial charge in [-0.25, -0.2) is 4.39 Å². The Morgan fingerprint density at radius 3 is 2.50 bits per heavy atom. The van der Waals surface area contributed by atoms with Gasteiger partial charge >= 0.3 is 0 Å². The van der Waals surface area contributed by atoms with Crippen LogP contribution in [0.4, 0.5) is 10.1 Å². The van der Waals surface area contributed by atoms with Gasteiger partial charge in [-0.1, -0.05) is 0 Å². The van der Waals surface area contributed by atoms with Crippen molar-refractivity contribution in [3.05, 3.63) is 52.5 Å². The second-order valence-electron chi connectivity index (χ2n) is 4.07. The fourth-order valence-electron chi connectivity index (χ4n) is 2.12. The summed E-state index contributed by atoms with van der Waals surface area (Å²) in [5, 5.41) is 4.17. The third-order valence-electron chi connectivity index (χ3n) is 3.03. The van der Waals surface area contributed by atoms with Crippen LogP contribution in [0, 0.1) is 5.82 Å². The van der Waals surface area contributed by atoms with Gasteiger partial charge in [-0.05, 0) is 53.6 Å². The van der Waals surface area contributed by atoms with Crippen LogP contribution >= 0.6 is 11.3 Å². The standard InChI is InChI=1S/C14H17FN2S/c1-2-17(13-5-3-12(15)4-6-13)14(9-16)11-7-8-18-10-11/h3-8,10,14H,2,9,16H2,1H3. The number of nitrogens with zero attached hydrogens (tertiary/aromatic N) is 1. The van der Waals surface area contributed by atoms with Crippen molar-refractivity contribution >= 4 is 17.0 Å². The molecule has 1 aromatic heterocycles. The van der Waals surface area contributed by atoms with Gasteiger partial charge in [0.2, 0.25) is 0 Å². The quantitative estimate of drug-likeness (QED) is 0.896. The summed E-state index contributed by atoms with van der Waals surface area (Å²) in [7, 11) is 0. The molecule has 1 aromatic carbocycles. The molecule has 2 N–H and O–H groups in total. The molecule has 1 atom stereocenters. The van der Waals surface area contributed by atoms with Gasteiger partial charge in [0.25, 0.3) is 0 Å². The minimum absolute atomic E-state index is 0.145. The van der Waals surface area contributed by atoms with E-state index < -0.39 is 0 Å². The number of benzene rings is 1. The third kappa shape index (κ3) is 2.71. The van der Waals surface area contributed by atoms with Gasteiger partial charge in [-0.3, -0.25) is 0 Å². The van der Waals surface area contributed by atoms with E-state index >= 15 is 0 Å². The predicted octanol–water partition coefficient (Wildman–Crippen LogP) is 3.41. The monoisotopic (exact) mass is 264 g/mol. The van der Waals surface area contributed by atoms with Crippen LogP contribution in [0.25, 0.3) is 0 Å². The Bertz CT molecular complexity index is 467. The first kappa shape index (κ1) is 13.1. The summed E-state index contributed by atoms with van der Waals surface area (Å²) < 4.78 is 13.0. The number of rotatable bonds is 5. The SMILES string of the molecule is CCN(c1ccc(F)cc1)C(CN)c1ccsc1.